The highest BCUT2D eigenvalue weighted by Crippen LogP contribution is 2.30. The molecule has 0 aromatic heterocycles. The molecule has 0 aliphatic carbocycles. The van der Waals surface area contributed by atoms with E-state index in [0.29, 0.717) is 5.75 Å². The Morgan fingerprint density at radius 2 is 1.74 bits per heavy atom. The maximum atomic E-state index is 11.5. The van der Waals surface area contributed by atoms with E-state index in [9.17, 15) is 8.42 Å². The van der Waals surface area contributed by atoms with E-state index in [1.807, 2.05) is 42.5 Å². The second-order valence-electron chi connectivity index (χ2n) is 4.33. The van der Waals surface area contributed by atoms with Gasteiger partial charge in [0.1, 0.15) is 11.5 Å². The zero-order valence-electron chi connectivity index (χ0n) is 10.1. The number of rotatable bonds is 1. The van der Waals surface area contributed by atoms with Crippen LogP contribution in [0.5, 0.6) is 5.75 Å². The van der Waals surface area contributed by atoms with E-state index in [2.05, 4.69) is 0 Å². The molecule has 1 aliphatic rings. The molecule has 1 heterocycles. The van der Waals surface area contributed by atoms with Gasteiger partial charge in [0.15, 0.2) is 0 Å². The second-order valence-corrected chi connectivity index (χ2v) is 5.94. The van der Waals surface area contributed by atoms with Gasteiger partial charge in [-0.3, -0.25) is 0 Å². The van der Waals surface area contributed by atoms with Gasteiger partial charge in [-0.15, -0.1) is 0 Å². The van der Waals surface area contributed by atoms with E-state index >= 15 is 0 Å². The van der Waals surface area contributed by atoms with Crippen molar-refractivity contribution in [2.75, 3.05) is 5.75 Å². The van der Waals surface area contributed by atoms with Crippen molar-refractivity contribution in [2.24, 2.45) is 0 Å². The van der Waals surface area contributed by atoms with Crippen LogP contribution in [0.25, 0.3) is 17.2 Å². The maximum Gasteiger partial charge on any atom is 0.312 e. The van der Waals surface area contributed by atoms with E-state index in [4.69, 9.17) is 4.18 Å². The lowest BCUT2D eigenvalue weighted by Crippen LogP contribution is -2.11. The van der Waals surface area contributed by atoms with Crippen molar-refractivity contribution in [1.29, 1.82) is 0 Å². The first-order valence-electron chi connectivity index (χ1n) is 5.92. The SMILES string of the molecule is O=S1(=O)CC=Cc2cc(-c3ccccc3)ccc2O1. The molecule has 0 unspecified atom stereocenters. The zero-order valence-corrected chi connectivity index (χ0v) is 10.9. The van der Waals surface area contributed by atoms with E-state index in [1.165, 1.54) is 0 Å². The maximum absolute atomic E-state index is 11.5. The Balaban J connectivity index is 2.08. The van der Waals surface area contributed by atoms with Gasteiger partial charge in [-0.2, -0.15) is 8.42 Å². The third-order valence-corrected chi connectivity index (χ3v) is 3.97. The van der Waals surface area contributed by atoms with Gasteiger partial charge in [0.2, 0.25) is 0 Å². The lowest BCUT2D eigenvalue weighted by molar-refractivity contribution is 0.490. The first-order valence-corrected chi connectivity index (χ1v) is 7.50. The summed E-state index contributed by atoms with van der Waals surface area (Å²) in [6.07, 6.45) is 3.39. The molecular weight excluding hydrogens is 260 g/mol. The highest BCUT2D eigenvalue weighted by atomic mass is 32.2. The van der Waals surface area contributed by atoms with Crippen LogP contribution in [0.1, 0.15) is 5.56 Å². The zero-order chi connectivity index (χ0) is 13.3. The van der Waals surface area contributed by atoms with Crippen molar-refractivity contribution in [2.45, 2.75) is 0 Å². The van der Waals surface area contributed by atoms with Crippen LogP contribution in [0.4, 0.5) is 0 Å². The summed E-state index contributed by atoms with van der Waals surface area (Å²) in [6.45, 7) is 0. The Bertz CT molecular complexity index is 731. The van der Waals surface area contributed by atoms with Crippen LogP contribution < -0.4 is 4.18 Å². The van der Waals surface area contributed by atoms with Gasteiger partial charge in [0, 0.05) is 5.56 Å². The summed E-state index contributed by atoms with van der Waals surface area (Å²) >= 11 is 0. The number of hydrogen-bond donors (Lipinski definition) is 0. The smallest absolute Gasteiger partial charge is 0.312 e. The molecule has 0 saturated heterocycles. The first-order chi connectivity index (χ1) is 9.14. The third-order valence-electron chi connectivity index (χ3n) is 2.93. The van der Waals surface area contributed by atoms with Crippen LogP contribution in [0, 0.1) is 0 Å². The van der Waals surface area contributed by atoms with Crippen LogP contribution >= 0.6 is 0 Å². The summed E-state index contributed by atoms with van der Waals surface area (Å²) < 4.78 is 28.1. The molecule has 0 radical (unpaired) electrons. The molecule has 0 atom stereocenters. The van der Waals surface area contributed by atoms with Crippen LogP contribution in [0.15, 0.2) is 54.6 Å². The third kappa shape index (κ3) is 2.53. The predicted molar refractivity (Wildman–Crippen MR) is 75.3 cm³/mol. The molecule has 0 bridgehead atoms. The average molecular weight is 272 g/mol. The van der Waals surface area contributed by atoms with Crippen molar-refractivity contribution in [3.05, 3.63) is 60.2 Å². The van der Waals surface area contributed by atoms with E-state index in [1.54, 1.807) is 18.2 Å². The molecular formula is C15H12O3S. The normalized spacial score (nSPS) is 16.2. The quantitative estimate of drug-likeness (QED) is 0.749. The highest BCUT2D eigenvalue weighted by Gasteiger charge is 2.16. The molecule has 19 heavy (non-hydrogen) atoms. The molecule has 0 saturated carbocycles. The van der Waals surface area contributed by atoms with Crippen molar-refractivity contribution < 1.29 is 12.6 Å². The monoisotopic (exact) mass is 272 g/mol. The minimum absolute atomic E-state index is 0.0949. The van der Waals surface area contributed by atoms with Gasteiger partial charge in [0.25, 0.3) is 0 Å². The highest BCUT2D eigenvalue weighted by molar-refractivity contribution is 7.87. The fourth-order valence-electron chi connectivity index (χ4n) is 2.03. The predicted octanol–water partition coefficient (Wildman–Crippen LogP) is 3.09. The van der Waals surface area contributed by atoms with Gasteiger partial charge in [-0.25, -0.2) is 0 Å². The summed E-state index contributed by atoms with van der Waals surface area (Å²) in [7, 11) is -3.50. The first kappa shape index (κ1) is 12.0. The topological polar surface area (TPSA) is 43.4 Å². The molecule has 2 aromatic rings. The summed E-state index contributed by atoms with van der Waals surface area (Å²) in [5.41, 5.74) is 2.90. The summed E-state index contributed by atoms with van der Waals surface area (Å²) in [4.78, 5) is 0. The Hall–Kier alpha value is -2.07. The number of fused-ring (bicyclic) bond motifs is 1. The Morgan fingerprint density at radius 1 is 0.947 bits per heavy atom. The minimum atomic E-state index is -3.50. The van der Waals surface area contributed by atoms with Crippen LogP contribution in [-0.4, -0.2) is 14.2 Å². The van der Waals surface area contributed by atoms with Crippen molar-refractivity contribution >= 4 is 16.2 Å². The fourth-order valence-corrected chi connectivity index (χ4v) is 2.85. The Kier molecular flexibility index (Phi) is 2.87. The molecule has 96 valence electrons. The lowest BCUT2D eigenvalue weighted by Gasteiger charge is -2.08. The van der Waals surface area contributed by atoms with Gasteiger partial charge in [-0.05, 0) is 23.3 Å². The summed E-state index contributed by atoms with van der Waals surface area (Å²) in [5.74, 6) is 0.288. The Morgan fingerprint density at radius 3 is 2.53 bits per heavy atom. The fraction of sp³-hybridized carbons (Fsp3) is 0.0667. The molecule has 1 aliphatic heterocycles. The molecule has 3 rings (SSSR count). The van der Waals surface area contributed by atoms with Gasteiger partial charge in [-0.1, -0.05) is 48.6 Å². The molecule has 3 nitrogen and oxygen atoms in total. The van der Waals surface area contributed by atoms with E-state index < -0.39 is 10.1 Å². The summed E-state index contributed by atoms with van der Waals surface area (Å²) in [6, 6.07) is 15.4. The van der Waals surface area contributed by atoms with Gasteiger partial charge >= 0.3 is 10.1 Å². The van der Waals surface area contributed by atoms with Crippen molar-refractivity contribution in [3.63, 3.8) is 0 Å². The minimum Gasteiger partial charge on any atom is -0.382 e. The molecule has 2 aromatic carbocycles. The molecule has 0 N–H and O–H groups in total. The van der Waals surface area contributed by atoms with Crippen LogP contribution in [0.3, 0.4) is 0 Å². The molecule has 0 amide bonds. The molecule has 0 spiro atoms. The van der Waals surface area contributed by atoms with Gasteiger partial charge < -0.3 is 4.18 Å². The molecule has 4 heteroatoms. The lowest BCUT2D eigenvalue weighted by atomic mass is 10.0. The van der Waals surface area contributed by atoms with E-state index in [-0.39, 0.29) is 5.75 Å². The molecule has 0 fully saturated rings. The number of benzene rings is 2. The van der Waals surface area contributed by atoms with Gasteiger partial charge in [0.05, 0.1) is 0 Å². The van der Waals surface area contributed by atoms with E-state index in [0.717, 1.165) is 16.7 Å². The van der Waals surface area contributed by atoms with Crippen LogP contribution in [-0.2, 0) is 10.1 Å². The Labute approximate surface area is 112 Å². The number of hydrogen-bond acceptors (Lipinski definition) is 3. The van der Waals surface area contributed by atoms with Crippen LogP contribution in [0.2, 0.25) is 0 Å². The van der Waals surface area contributed by atoms with Crippen molar-refractivity contribution in [3.8, 4) is 16.9 Å². The summed E-state index contributed by atoms with van der Waals surface area (Å²) in [5, 5.41) is 0. The average Bonchev–Trinajstić information content (AvgIpc) is 2.56. The van der Waals surface area contributed by atoms with Crippen molar-refractivity contribution in [1.82, 2.24) is 0 Å². The largest absolute Gasteiger partial charge is 0.382 e. The second kappa shape index (κ2) is 4.55. The standard InChI is InChI=1S/C15H12O3S/c16-19(17)10-4-7-14-11-13(8-9-15(14)18-19)12-5-2-1-3-6-12/h1-9,11H,10H2.